The van der Waals surface area contributed by atoms with Gasteiger partial charge < -0.3 is 0 Å². The van der Waals surface area contributed by atoms with Crippen LogP contribution in [-0.2, 0) is 11.2 Å². The van der Waals surface area contributed by atoms with E-state index < -0.39 is 0 Å². The van der Waals surface area contributed by atoms with E-state index in [1.807, 2.05) is 48.5 Å². The third-order valence-electron chi connectivity index (χ3n) is 2.54. The number of hydrogen-bond donors (Lipinski definition) is 0. The second kappa shape index (κ2) is 4.59. The van der Waals surface area contributed by atoms with Crippen molar-refractivity contribution in [1.29, 1.82) is 5.26 Å². The van der Waals surface area contributed by atoms with Gasteiger partial charge in [-0.25, -0.2) is 0 Å². The topological polar surface area (TPSA) is 40.9 Å². The van der Waals surface area contributed by atoms with Gasteiger partial charge in [-0.3, -0.25) is 4.79 Å². The summed E-state index contributed by atoms with van der Waals surface area (Å²) >= 11 is 0. The number of Topliss-reactive ketones (excluding diaryl/α,β-unsaturated/α-hetero) is 1. The highest BCUT2D eigenvalue weighted by atomic mass is 16.1. The van der Waals surface area contributed by atoms with E-state index in [1.165, 1.54) is 0 Å². The van der Waals surface area contributed by atoms with Gasteiger partial charge in [0, 0.05) is 6.42 Å². The Kier molecular flexibility index (Phi) is 2.98. The summed E-state index contributed by atoms with van der Waals surface area (Å²) in [5, 5.41) is 10.7. The largest absolute Gasteiger partial charge is 0.298 e. The van der Waals surface area contributed by atoms with Gasteiger partial charge in [0.1, 0.15) is 0 Å². The summed E-state index contributed by atoms with van der Waals surface area (Å²) in [6, 6.07) is 15.8. The van der Waals surface area contributed by atoms with Gasteiger partial charge in [0.15, 0.2) is 5.78 Å². The molecule has 2 heteroatoms. The van der Waals surface area contributed by atoms with E-state index in [2.05, 4.69) is 0 Å². The minimum absolute atomic E-state index is 0.0107. The molecule has 0 heterocycles. The molecule has 0 atom stereocenters. The average Bonchev–Trinajstić information content (AvgIpc) is 2.30. The van der Waals surface area contributed by atoms with Crippen LogP contribution in [0.5, 0.6) is 0 Å². The van der Waals surface area contributed by atoms with E-state index in [1.54, 1.807) is 0 Å². The Labute approximate surface area is 94.1 Å². The molecule has 2 aromatic carbocycles. The molecule has 0 fully saturated rings. The maximum absolute atomic E-state index is 11.4. The van der Waals surface area contributed by atoms with Gasteiger partial charge in [-0.1, -0.05) is 42.5 Å². The van der Waals surface area contributed by atoms with Crippen molar-refractivity contribution in [2.24, 2.45) is 0 Å². The number of carbonyl (C=O) groups is 1. The van der Waals surface area contributed by atoms with E-state index in [9.17, 15) is 4.79 Å². The van der Waals surface area contributed by atoms with Crippen molar-refractivity contribution in [1.82, 2.24) is 0 Å². The lowest BCUT2D eigenvalue weighted by Crippen LogP contribution is -2.01. The van der Waals surface area contributed by atoms with E-state index >= 15 is 0 Å². The molecule has 0 saturated carbocycles. The summed E-state index contributed by atoms with van der Waals surface area (Å²) in [5.74, 6) is -0.0288. The Hall–Kier alpha value is -2.14. The second-order valence-corrected chi connectivity index (χ2v) is 3.69. The van der Waals surface area contributed by atoms with E-state index in [0.29, 0.717) is 6.42 Å². The molecule has 0 N–H and O–H groups in total. The number of fused-ring (bicyclic) bond motifs is 1. The van der Waals surface area contributed by atoms with E-state index in [-0.39, 0.29) is 12.2 Å². The number of ketones is 1. The third-order valence-corrected chi connectivity index (χ3v) is 2.54. The summed E-state index contributed by atoms with van der Waals surface area (Å²) in [5.41, 5.74) is 0.998. The zero-order chi connectivity index (χ0) is 11.4. The van der Waals surface area contributed by atoms with Crippen molar-refractivity contribution in [3.05, 3.63) is 48.0 Å². The molecule has 2 nitrogen and oxygen atoms in total. The third kappa shape index (κ3) is 2.09. The zero-order valence-corrected chi connectivity index (χ0v) is 8.81. The van der Waals surface area contributed by atoms with Gasteiger partial charge in [0.25, 0.3) is 0 Å². The van der Waals surface area contributed by atoms with Crippen LogP contribution < -0.4 is 0 Å². The second-order valence-electron chi connectivity index (χ2n) is 3.69. The van der Waals surface area contributed by atoms with Crippen LogP contribution in [0.4, 0.5) is 0 Å². The highest BCUT2D eigenvalue weighted by molar-refractivity contribution is 5.91. The molecule has 78 valence electrons. The molecule has 2 rings (SSSR count). The van der Waals surface area contributed by atoms with Crippen molar-refractivity contribution >= 4 is 16.6 Å². The lowest BCUT2D eigenvalue weighted by atomic mass is 10.00. The molecule has 16 heavy (non-hydrogen) atoms. The Morgan fingerprint density at radius 1 is 1.12 bits per heavy atom. The maximum Gasteiger partial charge on any atom is 0.151 e. The molecule has 0 amide bonds. The first-order valence-corrected chi connectivity index (χ1v) is 5.16. The Balaban J connectivity index is 2.38. The summed E-state index contributed by atoms with van der Waals surface area (Å²) in [7, 11) is 0. The summed E-state index contributed by atoms with van der Waals surface area (Å²) in [6.45, 7) is 0. The fourth-order valence-corrected chi connectivity index (χ4v) is 1.81. The molecule has 0 saturated heterocycles. The number of nitriles is 1. The van der Waals surface area contributed by atoms with Crippen molar-refractivity contribution in [2.75, 3.05) is 0 Å². The average molecular weight is 209 g/mol. The highest BCUT2D eigenvalue weighted by Crippen LogP contribution is 2.19. The first-order chi connectivity index (χ1) is 7.81. The Morgan fingerprint density at radius 2 is 1.88 bits per heavy atom. The monoisotopic (exact) mass is 209 g/mol. The SMILES string of the molecule is N#CCC(=O)Cc1cccc2ccccc12. The number of nitrogens with zero attached hydrogens (tertiary/aromatic N) is 1. The van der Waals surface area contributed by atoms with Gasteiger partial charge in [0.05, 0.1) is 12.5 Å². The number of rotatable bonds is 3. The standard InChI is InChI=1S/C14H11NO/c15-9-8-13(16)10-12-6-3-5-11-4-1-2-7-14(11)12/h1-7H,8,10H2. The van der Waals surface area contributed by atoms with Gasteiger partial charge in [-0.2, -0.15) is 5.26 Å². The lowest BCUT2D eigenvalue weighted by molar-refractivity contribution is -0.117. The van der Waals surface area contributed by atoms with Crippen molar-refractivity contribution in [3.8, 4) is 6.07 Å². The zero-order valence-electron chi connectivity index (χ0n) is 8.81. The number of benzene rings is 2. The number of hydrogen-bond acceptors (Lipinski definition) is 2. The predicted octanol–water partition coefficient (Wildman–Crippen LogP) is 2.87. The highest BCUT2D eigenvalue weighted by Gasteiger charge is 2.05. The minimum Gasteiger partial charge on any atom is -0.298 e. The van der Waals surface area contributed by atoms with Crippen molar-refractivity contribution < 1.29 is 4.79 Å². The smallest absolute Gasteiger partial charge is 0.151 e. The first kappa shape index (κ1) is 10.4. The van der Waals surface area contributed by atoms with E-state index in [4.69, 9.17) is 5.26 Å². The molecule has 2 aromatic rings. The quantitative estimate of drug-likeness (QED) is 0.779. The van der Waals surface area contributed by atoms with Crippen molar-refractivity contribution in [2.45, 2.75) is 12.8 Å². The fourth-order valence-electron chi connectivity index (χ4n) is 1.81. The Morgan fingerprint density at radius 3 is 2.69 bits per heavy atom. The van der Waals surface area contributed by atoms with Crippen LogP contribution in [0, 0.1) is 11.3 Å². The molecule has 0 aliphatic rings. The molecule has 0 unspecified atom stereocenters. The molecular formula is C14H11NO. The van der Waals surface area contributed by atoms with Crippen LogP contribution >= 0.6 is 0 Å². The van der Waals surface area contributed by atoms with Crippen LogP contribution in [0.2, 0.25) is 0 Å². The fraction of sp³-hybridized carbons (Fsp3) is 0.143. The normalized spacial score (nSPS) is 9.94. The summed E-state index contributed by atoms with van der Waals surface area (Å²) in [4.78, 5) is 11.4. The van der Waals surface area contributed by atoms with Crippen LogP contribution in [0.1, 0.15) is 12.0 Å². The van der Waals surface area contributed by atoms with Crippen LogP contribution in [0.25, 0.3) is 10.8 Å². The predicted molar refractivity (Wildman–Crippen MR) is 62.9 cm³/mol. The van der Waals surface area contributed by atoms with Crippen LogP contribution in [-0.4, -0.2) is 5.78 Å². The molecular weight excluding hydrogens is 198 g/mol. The first-order valence-electron chi connectivity index (χ1n) is 5.16. The minimum atomic E-state index is -0.0288. The lowest BCUT2D eigenvalue weighted by Gasteiger charge is -2.04. The van der Waals surface area contributed by atoms with Gasteiger partial charge in [-0.05, 0) is 16.3 Å². The Bertz CT molecular complexity index is 561. The van der Waals surface area contributed by atoms with Crippen molar-refractivity contribution in [3.63, 3.8) is 0 Å². The summed E-state index contributed by atoms with van der Waals surface area (Å²) < 4.78 is 0. The van der Waals surface area contributed by atoms with Gasteiger partial charge in [-0.15, -0.1) is 0 Å². The van der Waals surface area contributed by atoms with Gasteiger partial charge in [0.2, 0.25) is 0 Å². The molecule has 0 aliphatic heterocycles. The molecule has 0 aromatic heterocycles. The molecule has 0 aliphatic carbocycles. The van der Waals surface area contributed by atoms with Gasteiger partial charge >= 0.3 is 0 Å². The van der Waals surface area contributed by atoms with Crippen LogP contribution in [0.15, 0.2) is 42.5 Å². The molecule has 0 spiro atoms. The number of carbonyl (C=O) groups excluding carboxylic acids is 1. The maximum atomic E-state index is 11.4. The molecule has 0 bridgehead atoms. The van der Waals surface area contributed by atoms with Crippen LogP contribution in [0.3, 0.4) is 0 Å². The summed E-state index contributed by atoms with van der Waals surface area (Å²) in [6.07, 6.45) is 0.331. The van der Waals surface area contributed by atoms with E-state index in [0.717, 1.165) is 16.3 Å². The molecule has 0 radical (unpaired) electrons.